The number of aliphatic hydroxyl groups is 1. The highest BCUT2D eigenvalue weighted by Crippen LogP contribution is 2.42. The van der Waals surface area contributed by atoms with Crippen molar-refractivity contribution in [3.8, 4) is 0 Å². The molecule has 94 valence electrons. The third-order valence-electron chi connectivity index (χ3n) is 4.05. The first-order valence-corrected chi connectivity index (χ1v) is 6.85. The van der Waals surface area contributed by atoms with Crippen LogP contribution < -0.4 is 0 Å². The van der Waals surface area contributed by atoms with Gasteiger partial charge in [-0.2, -0.15) is 0 Å². The summed E-state index contributed by atoms with van der Waals surface area (Å²) in [5.74, 6) is 1.24. The molecule has 0 heterocycles. The topological polar surface area (TPSA) is 20.2 Å². The van der Waals surface area contributed by atoms with Crippen molar-refractivity contribution in [1.29, 1.82) is 0 Å². The van der Waals surface area contributed by atoms with Crippen LogP contribution in [0.4, 0.5) is 0 Å². The smallest absolute Gasteiger partial charge is 0.0901 e. The fourth-order valence-corrected chi connectivity index (χ4v) is 3.41. The summed E-state index contributed by atoms with van der Waals surface area (Å²) < 4.78 is 0. The summed E-state index contributed by atoms with van der Waals surface area (Å²) in [4.78, 5) is 0. The van der Waals surface area contributed by atoms with E-state index in [-0.39, 0.29) is 0 Å². The molecule has 2 unspecified atom stereocenters. The molecule has 1 nitrogen and oxygen atoms in total. The monoisotopic (exact) mass is 232 g/mol. The van der Waals surface area contributed by atoms with E-state index in [1.54, 1.807) is 0 Å². The third kappa shape index (κ3) is 2.71. The Bertz CT molecular complexity index is 373. The zero-order chi connectivity index (χ0) is 12.5. The third-order valence-corrected chi connectivity index (χ3v) is 4.05. The van der Waals surface area contributed by atoms with Crippen LogP contribution in [0.25, 0.3) is 0 Å². The van der Waals surface area contributed by atoms with Crippen LogP contribution in [0.2, 0.25) is 0 Å². The van der Waals surface area contributed by atoms with Gasteiger partial charge in [0.1, 0.15) is 0 Å². The van der Waals surface area contributed by atoms with Gasteiger partial charge in [0.25, 0.3) is 0 Å². The van der Waals surface area contributed by atoms with Crippen molar-refractivity contribution in [1.82, 2.24) is 0 Å². The van der Waals surface area contributed by atoms with E-state index >= 15 is 0 Å². The van der Waals surface area contributed by atoms with Crippen molar-refractivity contribution in [2.45, 2.75) is 52.1 Å². The normalized spacial score (nSPS) is 33.6. The van der Waals surface area contributed by atoms with Gasteiger partial charge in [-0.3, -0.25) is 0 Å². The molecule has 0 aromatic heterocycles. The van der Waals surface area contributed by atoms with E-state index in [1.165, 1.54) is 12.0 Å². The minimum atomic E-state index is -0.595. The Morgan fingerprint density at radius 2 is 1.88 bits per heavy atom. The standard InChI is InChI=1S/C16H24O/c1-4-14-6-5-7-15(9-14)16(17)10-12(2)8-13(3)11-16/h5-7,9,12-13,17H,4,8,10-11H2,1-3H3. The zero-order valence-corrected chi connectivity index (χ0v) is 11.2. The van der Waals surface area contributed by atoms with Crippen LogP contribution in [0.5, 0.6) is 0 Å². The summed E-state index contributed by atoms with van der Waals surface area (Å²) >= 11 is 0. The van der Waals surface area contributed by atoms with Gasteiger partial charge in [0.15, 0.2) is 0 Å². The van der Waals surface area contributed by atoms with Crippen molar-refractivity contribution in [3.05, 3.63) is 35.4 Å². The summed E-state index contributed by atoms with van der Waals surface area (Å²) in [6, 6.07) is 8.49. The van der Waals surface area contributed by atoms with Crippen molar-refractivity contribution in [2.75, 3.05) is 0 Å². The van der Waals surface area contributed by atoms with Gasteiger partial charge in [-0.15, -0.1) is 0 Å². The molecule has 0 aliphatic heterocycles. The molecular formula is C16H24O. The summed E-state index contributed by atoms with van der Waals surface area (Å²) in [5, 5.41) is 10.9. The minimum Gasteiger partial charge on any atom is -0.385 e. The van der Waals surface area contributed by atoms with Gasteiger partial charge >= 0.3 is 0 Å². The zero-order valence-electron chi connectivity index (χ0n) is 11.2. The second-order valence-electron chi connectivity index (χ2n) is 5.94. The molecule has 0 spiro atoms. The van der Waals surface area contributed by atoms with Gasteiger partial charge < -0.3 is 5.11 Å². The molecule has 0 bridgehead atoms. The van der Waals surface area contributed by atoms with E-state index in [0.717, 1.165) is 24.8 Å². The lowest BCUT2D eigenvalue weighted by Crippen LogP contribution is -2.35. The second kappa shape index (κ2) is 4.81. The fourth-order valence-electron chi connectivity index (χ4n) is 3.41. The molecule has 17 heavy (non-hydrogen) atoms. The van der Waals surface area contributed by atoms with E-state index < -0.39 is 5.60 Å². The lowest BCUT2D eigenvalue weighted by Gasteiger charge is -2.39. The quantitative estimate of drug-likeness (QED) is 0.820. The largest absolute Gasteiger partial charge is 0.385 e. The van der Waals surface area contributed by atoms with Gasteiger partial charge in [0, 0.05) is 0 Å². The van der Waals surface area contributed by atoms with Crippen LogP contribution in [-0.4, -0.2) is 5.11 Å². The number of rotatable bonds is 2. The fraction of sp³-hybridized carbons (Fsp3) is 0.625. The SMILES string of the molecule is CCc1cccc(C2(O)CC(C)CC(C)C2)c1. The van der Waals surface area contributed by atoms with Gasteiger partial charge in [-0.1, -0.05) is 45.0 Å². The summed E-state index contributed by atoms with van der Waals surface area (Å²) in [6.45, 7) is 6.67. The molecule has 1 aromatic rings. The van der Waals surface area contributed by atoms with Crippen LogP contribution in [-0.2, 0) is 12.0 Å². The van der Waals surface area contributed by atoms with E-state index in [2.05, 4.69) is 45.0 Å². The molecular weight excluding hydrogens is 208 g/mol. The molecule has 1 N–H and O–H groups in total. The highest BCUT2D eigenvalue weighted by molar-refractivity contribution is 5.29. The van der Waals surface area contributed by atoms with Crippen LogP contribution >= 0.6 is 0 Å². The Labute approximate surface area is 105 Å². The average molecular weight is 232 g/mol. The predicted octanol–water partition coefficient (Wildman–Crippen LogP) is 3.89. The first-order chi connectivity index (χ1) is 8.03. The van der Waals surface area contributed by atoms with E-state index in [9.17, 15) is 5.11 Å². The summed E-state index contributed by atoms with van der Waals surface area (Å²) in [5.41, 5.74) is 1.85. The predicted molar refractivity (Wildman–Crippen MR) is 71.9 cm³/mol. The molecule has 1 saturated carbocycles. The van der Waals surface area contributed by atoms with Crippen LogP contribution in [0.15, 0.2) is 24.3 Å². The maximum atomic E-state index is 10.9. The molecule has 1 heteroatoms. The Morgan fingerprint density at radius 1 is 1.24 bits per heavy atom. The number of hydrogen-bond donors (Lipinski definition) is 1. The van der Waals surface area contributed by atoms with E-state index in [4.69, 9.17) is 0 Å². The van der Waals surface area contributed by atoms with Crippen LogP contribution in [0.3, 0.4) is 0 Å². The van der Waals surface area contributed by atoms with Crippen molar-refractivity contribution in [3.63, 3.8) is 0 Å². The van der Waals surface area contributed by atoms with Gasteiger partial charge in [0.05, 0.1) is 5.60 Å². The molecule has 1 fully saturated rings. The highest BCUT2D eigenvalue weighted by atomic mass is 16.3. The maximum absolute atomic E-state index is 10.9. The van der Waals surface area contributed by atoms with Crippen molar-refractivity contribution in [2.24, 2.45) is 11.8 Å². The molecule has 1 aromatic carbocycles. The average Bonchev–Trinajstić information content (AvgIpc) is 2.27. The minimum absolute atomic E-state index is 0.595. The van der Waals surface area contributed by atoms with Crippen LogP contribution in [0, 0.1) is 11.8 Å². The highest BCUT2D eigenvalue weighted by Gasteiger charge is 2.37. The Hall–Kier alpha value is -0.820. The molecule has 1 aliphatic rings. The summed E-state index contributed by atoms with van der Waals surface area (Å²) in [7, 11) is 0. The number of hydrogen-bond acceptors (Lipinski definition) is 1. The maximum Gasteiger partial charge on any atom is 0.0901 e. The van der Waals surface area contributed by atoms with Crippen molar-refractivity contribution < 1.29 is 5.11 Å². The van der Waals surface area contributed by atoms with E-state index in [1.807, 2.05) is 0 Å². The first kappa shape index (κ1) is 12.6. The lowest BCUT2D eigenvalue weighted by molar-refractivity contribution is -0.0363. The van der Waals surface area contributed by atoms with Gasteiger partial charge in [-0.25, -0.2) is 0 Å². The Morgan fingerprint density at radius 3 is 2.47 bits per heavy atom. The molecule has 2 rings (SSSR count). The first-order valence-electron chi connectivity index (χ1n) is 6.85. The van der Waals surface area contributed by atoms with Crippen LogP contribution in [0.1, 0.15) is 51.2 Å². The molecule has 0 radical (unpaired) electrons. The number of aryl methyl sites for hydroxylation is 1. The molecule has 2 atom stereocenters. The molecule has 0 amide bonds. The summed E-state index contributed by atoms with van der Waals surface area (Å²) in [6.07, 6.45) is 4.10. The lowest BCUT2D eigenvalue weighted by atomic mass is 9.70. The van der Waals surface area contributed by atoms with Crippen molar-refractivity contribution >= 4 is 0 Å². The van der Waals surface area contributed by atoms with Gasteiger partial charge in [0.2, 0.25) is 0 Å². The van der Waals surface area contributed by atoms with E-state index in [0.29, 0.717) is 11.8 Å². The molecule has 0 saturated heterocycles. The number of benzene rings is 1. The second-order valence-corrected chi connectivity index (χ2v) is 5.94. The Kier molecular flexibility index (Phi) is 3.58. The van der Waals surface area contributed by atoms with Gasteiger partial charge in [-0.05, 0) is 48.6 Å². The molecule has 1 aliphatic carbocycles. The Balaban J connectivity index is 2.29.